The zero-order valence-electron chi connectivity index (χ0n) is 24.7. The molecule has 1 fully saturated rings. The first-order valence-corrected chi connectivity index (χ1v) is 14.7. The molecule has 4 aromatic rings. The van der Waals surface area contributed by atoms with Crippen molar-refractivity contribution in [1.82, 2.24) is 19.4 Å². The second-order valence-corrected chi connectivity index (χ2v) is 11.1. The van der Waals surface area contributed by atoms with Crippen LogP contribution < -0.4 is 20.1 Å². The van der Waals surface area contributed by atoms with Gasteiger partial charge >= 0.3 is 0 Å². The molecular formula is C33H38N6O3. The number of rotatable bonds is 8. The fraction of sp³-hybridized carbons (Fsp3) is 0.364. The predicted molar refractivity (Wildman–Crippen MR) is 165 cm³/mol. The number of carbonyl (C=O) groups excluding carboxylic acids is 1. The first kappa shape index (κ1) is 27.8. The van der Waals surface area contributed by atoms with E-state index >= 15 is 0 Å². The molecule has 4 heterocycles. The van der Waals surface area contributed by atoms with Crippen molar-refractivity contribution in [2.24, 2.45) is 0 Å². The average Bonchev–Trinajstić information content (AvgIpc) is 3.45. The lowest BCUT2D eigenvalue weighted by molar-refractivity contribution is 0.102. The first-order valence-electron chi connectivity index (χ1n) is 14.7. The third-order valence-corrected chi connectivity index (χ3v) is 8.30. The molecule has 2 aromatic heterocycles. The van der Waals surface area contributed by atoms with Crippen LogP contribution in [0.1, 0.15) is 52.5 Å². The Hall–Kier alpha value is -4.37. The summed E-state index contributed by atoms with van der Waals surface area (Å²) in [6.45, 7) is 6.20. The highest BCUT2D eigenvalue weighted by Crippen LogP contribution is 2.33. The molecule has 9 nitrogen and oxygen atoms in total. The molecular weight excluding hydrogens is 528 g/mol. The summed E-state index contributed by atoms with van der Waals surface area (Å²) in [6.07, 6.45) is 8.37. The molecule has 42 heavy (non-hydrogen) atoms. The highest BCUT2D eigenvalue weighted by molar-refractivity contribution is 6.06. The smallest absolute Gasteiger partial charge is 0.257 e. The fourth-order valence-corrected chi connectivity index (χ4v) is 5.87. The van der Waals surface area contributed by atoms with Crippen LogP contribution in [-0.4, -0.2) is 58.7 Å². The van der Waals surface area contributed by atoms with Crippen LogP contribution in [0.3, 0.4) is 0 Å². The van der Waals surface area contributed by atoms with Crippen LogP contribution in [0.15, 0.2) is 54.9 Å². The lowest BCUT2D eigenvalue weighted by Crippen LogP contribution is -2.35. The minimum Gasteiger partial charge on any atom is -0.494 e. The number of aromatic nitrogens is 3. The predicted octanol–water partition coefficient (Wildman–Crippen LogP) is 5.71. The molecule has 0 aliphatic carbocycles. The molecule has 0 bridgehead atoms. The quantitative estimate of drug-likeness (QED) is 0.282. The Bertz CT molecular complexity index is 1610. The van der Waals surface area contributed by atoms with Gasteiger partial charge in [0.05, 0.1) is 18.4 Å². The fourth-order valence-electron chi connectivity index (χ4n) is 5.87. The lowest BCUT2D eigenvalue weighted by Gasteiger charge is -2.29. The lowest BCUT2D eigenvalue weighted by atomic mass is 10.0. The Morgan fingerprint density at radius 2 is 1.95 bits per heavy atom. The number of fused-ring (bicyclic) bond motifs is 3. The van der Waals surface area contributed by atoms with Gasteiger partial charge in [-0.2, -0.15) is 4.98 Å². The number of likely N-dealkylation sites (tertiary alicyclic amines) is 1. The van der Waals surface area contributed by atoms with Crippen LogP contribution in [0.25, 0.3) is 5.82 Å². The van der Waals surface area contributed by atoms with Crippen LogP contribution in [0, 0.1) is 6.92 Å². The van der Waals surface area contributed by atoms with Crippen molar-refractivity contribution in [3.63, 3.8) is 0 Å². The van der Waals surface area contributed by atoms with E-state index in [-0.39, 0.29) is 12.0 Å². The minimum atomic E-state index is -0.101. The molecule has 0 atom stereocenters. The molecule has 2 aliphatic rings. The highest BCUT2D eigenvalue weighted by atomic mass is 16.5. The monoisotopic (exact) mass is 566 g/mol. The van der Waals surface area contributed by atoms with Crippen molar-refractivity contribution >= 4 is 23.2 Å². The highest BCUT2D eigenvalue weighted by Gasteiger charge is 2.25. The van der Waals surface area contributed by atoms with E-state index in [0.717, 1.165) is 90.5 Å². The number of nitrogens with zero attached hydrogens (tertiary/aromatic N) is 4. The number of anilines is 3. The van der Waals surface area contributed by atoms with Gasteiger partial charge in [0, 0.05) is 48.5 Å². The van der Waals surface area contributed by atoms with Gasteiger partial charge in [0.2, 0.25) is 5.95 Å². The van der Waals surface area contributed by atoms with E-state index in [4.69, 9.17) is 14.5 Å². The number of aryl methyl sites for hydroxylation is 3. The Morgan fingerprint density at radius 3 is 2.74 bits per heavy atom. The van der Waals surface area contributed by atoms with Crippen molar-refractivity contribution in [2.75, 3.05) is 37.9 Å². The van der Waals surface area contributed by atoms with E-state index in [1.54, 1.807) is 7.11 Å². The molecule has 9 heteroatoms. The summed E-state index contributed by atoms with van der Waals surface area (Å²) in [5.41, 5.74) is 6.48. The number of nitrogens with one attached hydrogen (secondary N) is 2. The Kier molecular flexibility index (Phi) is 7.84. The topological polar surface area (TPSA) is 93.5 Å². The summed E-state index contributed by atoms with van der Waals surface area (Å²) in [5, 5.41) is 6.49. The van der Waals surface area contributed by atoms with Gasteiger partial charge in [0.25, 0.3) is 5.91 Å². The molecule has 1 saturated heterocycles. The Morgan fingerprint density at radius 1 is 1.12 bits per heavy atom. The van der Waals surface area contributed by atoms with Crippen LogP contribution in [0.5, 0.6) is 11.5 Å². The van der Waals surface area contributed by atoms with Gasteiger partial charge in [-0.1, -0.05) is 25.1 Å². The van der Waals surface area contributed by atoms with Crippen LogP contribution in [-0.2, 0) is 19.3 Å². The largest absolute Gasteiger partial charge is 0.494 e. The van der Waals surface area contributed by atoms with Gasteiger partial charge in [-0.3, -0.25) is 4.79 Å². The molecule has 218 valence electrons. The summed E-state index contributed by atoms with van der Waals surface area (Å²) in [7, 11) is 3.79. The number of ether oxygens (including phenoxy) is 2. The van der Waals surface area contributed by atoms with Crippen molar-refractivity contribution in [1.29, 1.82) is 0 Å². The standard InChI is InChI=1S/C33H38N6O3/c1-5-22-8-6-7-21(2)30(22)36-32(40)26-15-18-39-28(26)12-9-23-20-34-33(37-31(23)39)35-27-11-10-25(19-29(27)41-4)42-24-13-16-38(3)17-14-24/h6-8,10-11,15,18-20,24H,5,9,12-14,16-17H2,1-4H3,(H,36,40)(H,34,35,37). The SMILES string of the molecule is CCc1cccc(C)c1NC(=O)c1ccn2c1CCc1cnc(Nc3ccc(OC4CCN(C)CC4)cc3OC)nc1-2. The van der Waals surface area contributed by atoms with Crippen molar-refractivity contribution in [2.45, 2.75) is 52.1 Å². The van der Waals surface area contributed by atoms with E-state index in [0.29, 0.717) is 17.3 Å². The summed E-state index contributed by atoms with van der Waals surface area (Å²) in [6, 6.07) is 13.8. The third kappa shape index (κ3) is 5.56. The molecule has 2 N–H and O–H groups in total. The zero-order chi connectivity index (χ0) is 29.2. The van der Waals surface area contributed by atoms with Crippen LogP contribution in [0.4, 0.5) is 17.3 Å². The molecule has 2 aliphatic heterocycles. The molecule has 0 saturated carbocycles. The number of benzene rings is 2. The van der Waals surface area contributed by atoms with Gasteiger partial charge in [-0.15, -0.1) is 0 Å². The third-order valence-electron chi connectivity index (χ3n) is 8.30. The summed E-state index contributed by atoms with van der Waals surface area (Å²) in [5.74, 6) is 2.58. The zero-order valence-corrected chi connectivity index (χ0v) is 24.7. The number of piperidine rings is 1. The number of methoxy groups -OCH3 is 1. The van der Waals surface area contributed by atoms with Gasteiger partial charge in [0.15, 0.2) is 0 Å². The Balaban J connectivity index is 1.21. The average molecular weight is 567 g/mol. The van der Waals surface area contributed by atoms with Crippen molar-refractivity contribution in [3.05, 3.63) is 82.8 Å². The number of carbonyl (C=O) groups is 1. The van der Waals surface area contributed by atoms with Gasteiger partial charge in [0.1, 0.15) is 23.4 Å². The Labute approximate surface area is 246 Å². The van der Waals surface area contributed by atoms with Gasteiger partial charge < -0.3 is 29.6 Å². The summed E-state index contributed by atoms with van der Waals surface area (Å²) in [4.78, 5) is 25.2. The van der Waals surface area contributed by atoms with Crippen molar-refractivity contribution in [3.8, 4) is 17.3 Å². The van der Waals surface area contributed by atoms with E-state index in [2.05, 4.69) is 40.6 Å². The summed E-state index contributed by atoms with van der Waals surface area (Å²) < 4.78 is 13.9. The molecule has 1 amide bonds. The minimum absolute atomic E-state index is 0.101. The van der Waals surface area contributed by atoms with E-state index in [1.165, 1.54) is 0 Å². The van der Waals surface area contributed by atoms with Gasteiger partial charge in [-0.05, 0) is 75.4 Å². The van der Waals surface area contributed by atoms with Crippen LogP contribution >= 0.6 is 0 Å². The maximum absolute atomic E-state index is 13.4. The number of para-hydroxylation sites is 1. The maximum Gasteiger partial charge on any atom is 0.257 e. The van der Waals surface area contributed by atoms with Gasteiger partial charge in [-0.25, -0.2) is 4.98 Å². The maximum atomic E-state index is 13.4. The number of amides is 1. The van der Waals surface area contributed by atoms with Crippen LogP contribution in [0.2, 0.25) is 0 Å². The van der Waals surface area contributed by atoms with E-state index in [1.807, 2.05) is 60.3 Å². The molecule has 0 radical (unpaired) electrons. The number of hydrogen-bond donors (Lipinski definition) is 2. The second kappa shape index (κ2) is 11.9. The molecule has 0 spiro atoms. The molecule has 6 rings (SSSR count). The molecule has 0 unspecified atom stereocenters. The first-order chi connectivity index (χ1) is 20.4. The normalized spacial score (nSPS) is 15.0. The van der Waals surface area contributed by atoms with E-state index in [9.17, 15) is 4.79 Å². The second-order valence-electron chi connectivity index (χ2n) is 11.1. The molecule has 2 aromatic carbocycles. The van der Waals surface area contributed by atoms with Crippen molar-refractivity contribution < 1.29 is 14.3 Å². The van der Waals surface area contributed by atoms with E-state index < -0.39 is 0 Å². The summed E-state index contributed by atoms with van der Waals surface area (Å²) >= 11 is 0. The number of hydrogen-bond acceptors (Lipinski definition) is 7.